The van der Waals surface area contributed by atoms with Crippen LogP contribution in [0.4, 0.5) is 0 Å². The third kappa shape index (κ3) is 1.81. The Kier molecular flexibility index (Phi) is 2.92. The van der Waals surface area contributed by atoms with Crippen molar-refractivity contribution in [2.45, 2.75) is 20.3 Å². The Bertz CT molecular complexity index is 472. The molecule has 0 aromatic carbocycles. The Morgan fingerprint density at radius 1 is 1.29 bits per heavy atom. The van der Waals surface area contributed by atoms with Crippen molar-refractivity contribution in [2.24, 2.45) is 0 Å². The molecule has 2 heterocycles. The molecule has 0 atom stereocenters. The van der Waals surface area contributed by atoms with Crippen molar-refractivity contribution < 1.29 is 14.3 Å². The van der Waals surface area contributed by atoms with Crippen LogP contribution in [0.25, 0.3) is 0 Å². The second-order valence-electron chi connectivity index (χ2n) is 4.26. The van der Waals surface area contributed by atoms with Crippen molar-refractivity contribution in [3.05, 3.63) is 22.5 Å². The van der Waals surface area contributed by atoms with Gasteiger partial charge in [-0.2, -0.15) is 0 Å². The van der Waals surface area contributed by atoms with Crippen LogP contribution in [0.3, 0.4) is 0 Å². The zero-order valence-electron chi connectivity index (χ0n) is 10.3. The molecule has 0 saturated carbocycles. The van der Waals surface area contributed by atoms with E-state index >= 15 is 0 Å². The van der Waals surface area contributed by atoms with Crippen LogP contribution in [-0.2, 0) is 4.74 Å². The summed E-state index contributed by atoms with van der Waals surface area (Å²) >= 11 is 0. The molecule has 0 aliphatic carbocycles. The van der Waals surface area contributed by atoms with Crippen molar-refractivity contribution in [2.75, 3.05) is 20.2 Å². The monoisotopic (exact) mass is 236 g/mol. The van der Waals surface area contributed by atoms with E-state index < -0.39 is 5.97 Å². The lowest BCUT2D eigenvalue weighted by Crippen LogP contribution is -2.42. The van der Waals surface area contributed by atoms with E-state index in [2.05, 4.69) is 4.98 Å². The van der Waals surface area contributed by atoms with Crippen LogP contribution < -0.4 is 0 Å². The van der Waals surface area contributed by atoms with Crippen LogP contribution in [-0.4, -0.2) is 42.0 Å². The average Bonchev–Trinajstić information content (AvgIpc) is 2.51. The molecule has 5 heteroatoms. The van der Waals surface area contributed by atoms with Gasteiger partial charge < -0.3 is 14.6 Å². The highest BCUT2D eigenvalue weighted by molar-refractivity contribution is 6.00. The van der Waals surface area contributed by atoms with E-state index in [9.17, 15) is 9.59 Å². The number of carbonyl (C=O) groups excluding carboxylic acids is 2. The molecule has 0 spiro atoms. The number of methoxy groups -OCH3 is 1. The molecule has 0 unspecified atom stereocenters. The molecule has 1 N–H and O–H groups in total. The van der Waals surface area contributed by atoms with Crippen molar-refractivity contribution >= 4 is 11.9 Å². The van der Waals surface area contributed by atoms with Gasteiger partial charge in [0.2, 0.25) is 0 Å². The lowest BCUT2D eigenvalue weighted by atomic mass is 10.1. The van der Waals surface area contributed by atoms with E-state index in [0.717, 1.165) is 19.5 Å². The van der Waals surface area contributed by atoms with Gasteiger partial charge in [0.05, 0.1) is 12.7 Å². The number of aromatic nitrogens is 1. The van der Waals surface area contributed by atoms with Crippen molar-refractivity contribution in [1.82, 2.24) is 9.88 Å². The van der Waals surface area contributed by atoms with E-state index in [0.29, 0.717) is 22.5 Å². The zero-order chi connectivity index (χ0) is 12.6. The molecule has 1 aromatic heterocycles. The minimum atomic E-state index is -0.404. The quantitative estimate of drug-likeness (QED) is 0.786. The molecule has 1 amide bonds. The Morgan fingerprint density at radius 2 is 1.94 bits per heavy atom. The van der Waals surface area contributed by atoms with E-state index in [-0.39, 0.29) is 5.91 Å². The van der Waals surface area contributed by atoms with Crippen LogP contribution in [0, 0.1) is 13.8 Å². The lowest BCUT2D eigenvalue weighted by Gasteiger charge is -2.30. The summed E-state index contributed by atoms with van der Waals surface area (Å²) in [5.41, 5.74) is 2.32. The summed E-state index contributed by atoms with van der Waals surface area (Å²) in [5.74, 6) is -0.439. The van der Waals surface area contributed by atoms with E-state index in [1.54, 1.807) is 18.7 Å². The van der Waals surface area contributed by atoms with Crippen LogP contribution in [0.5, 0.6) is 0 Å². The van der Waals surface area contributed by atoms with E-state index in [1.807, 2.05) is 0 Å². The number of H-pyrrole nitrogens is 1. The fourth-order valence-corrected chi connectivity index (χ4v) is 2.05. The number of esters is 1. The number of likely N-dealkylation sites (tertiary alicyclic amines) is 1. The number of hydrogen-bond acceptors (Lipinski definition) is 3. The van der Waals surface area contributed by atoms with Gasteiger partial charge in [0.25, 0.3) is 5.91 Å². The standard InChI is InChI=1S/C12H16N2O3/c1-7-9(12(16)17-3)8(2)13-10(7)11(15)14-5-4-6-14/h13H,4-6H2,1-3H3. The fourth-order valence-electron chi connectivity index (χ4n) is 2.05. The molecule has 5 nitrogen and oxygen atoms in total. The van der Waals surface area contributed by atoms with Crippen LogP contribution >= 0.6 is 0 Å². The maximum absolute atomic E-state index is 12.1. The fraction of sp³-hybridized carbons (Fsp3) is 0.500. The first-order chi connectivity index (χ1) is 8.06. The predicted molar refractivity (Wildman–Crippen MR) is 62.1 cm³/mol. The Balaban J connectivity index is 2.36. The molecule has 0 radical (unpaired) electrons. The number of hydrogen-bond donors (Lipinski definition) is 1. The number of carbonyl (C=O) groups is 2. The minimum absolute atomic E-state index is 0.0352. The lowest BCUT2D eigenvalue weighted by molar-refractivity contribution is 0.0599. The number of rotatable bonds is 2. The van der Waals surface area contributed by atoms with Gasteiger partial charge in [-0.05, 0) is 25.8 Å². The maximum Gasteiger partial charge on any atom is 0.339 e. The van der Waals surface area contributed by atoms with Crippen LogP contribution in [0.15, 0.2) is 0 Å². The normalized spacial score (nSPS) is 14.4. The van der Waals surface area contributed by atoms with Crippen LogP contribution in [0.1, 0.15) is 38.5 Å². The smallest absolute Gasteiger partial charge is 0.339 e. The van der Waals surface area contributed by atoms with Gasteiger partial charge in [0.1, 0.15) is 5.69 Å². The van der Waals surface area contributed by atoms with Gasteiger partial charge in [0.15, 0.2) is 0 Å². The first-order valence-electron chi connectivity index (χ1n) is 5.63. The molecule has 1 aromatic rings. The summed E-state index contributed by atoms with van der Waals surface area (Å²) in [5, 5.41) is 0. The average molecular weight is 236 g/mol. The highest BCUT2D eigenvalue weighted by Crippen LogP contribution is 2.21. The number of nitrogens with one attached hydrogen (secondary N) is 1. The summed E-state index contributed by atoms with van der Waals surface area (Å²) in [7, 11) is 1.34. The summed E-state index contributed by atoms with van der Waals surface area (Å²) in [6, 6.07) is 0. The van der Waals surface area contributed by atoms with E-state index in [4.69, 9.17) is 4.74 Å². The molecule has 0 bridgehead atoms. The number of aryl methyl sites for hydroxylation is 1. The Hall–Kier alpha value is -1.78. The summed E-state index contributed by atoms with van der Waals surface area (Å²) < 4.78 is 4.71. The SMILES string of the molecule is COC(=O)c1c(C)[nH]c(C(=O)N2CCC2)c1C. The molecule has 1 aliphatic rings. The number of amides is 1. The summed E-state index contributed by atoms with van der Waals surface area (Å²) in [4.78, 5) is 28.4. The first kappa shape index (κ1) is 11.7. The maximum atomic E-state index is 12.1. The van der Waals surface area contributed by atoms with E-state index in [1.165, 1.54) is 7.11 Å². The predicted octanol–water partition coefficient (Wildman–Crippen LogP) is 1.26. The highest BCUT2D eigenvalue weighted by Gasteiger charge is 2.27. The third-order valence-corrected chi connectivity index (χ3v) is 3.18. The second-order valence-corrected chi connectivity index (χ2v) is 4.26. The summed E-state index contributed by atoms with van der Waals surface area (Å²) in [6.45, 7) is 5.13. The van der Waals surface area contributed by atoms with Gasteiger partial charge in [-0.25, -0.2) is 4.79 Å². The van der Waals surface area contributed by atoms with Gasteiger partial charge in [0, 0.05) is 18.8 Å². The minimum Gasteiger partial charge on any atom is -0.465 e. The van der Waals surface area contributed by atoms with Gasteiger partial charge in [-0.1, -0.05) is 0 Å². The van der Waals surface area contributed by atoms with Crippen LogP contribution in [0.2, 0.25) is 0 Å². The van der Waals surface area contributed by atoms with Gasteiger partial charge in [-0.15, -0.1) is 0 Å². The zero-order valence-corrected chi connectivity index (χ0v) is 10.3. The van der Waals surface area contributed by atoms with Crippen molar-refractivity contribution in [1.29, 1.82) is 0 Å². The molecular weight excluding hydrogens is 220 g/mol. The molecule has 92 valence electrons. The summed E-state index contributed by atoms with van der Waals surface area (Å²) in [6.07, 6.45) is 1.05. The van der Waals surface area contributed by atoms with Gasteiger partial charge in [-0.3, -0.25) is 4.79 Å². The molecule has 2 rings (SSSR count). The topological polar surface area (TPSA) is 62.4 Å². The first-order valence-corrected chi connectivity index (χ1v) is 5.63. The number of nitrogens with zero attached hydrogens (tertiary/aromatic N) is 1. The van der Waals surface area contributed by atoms with Crippen molar-refractivity contribution in [3.8, 4) is 0 Å². The highest BCUT2D eigenvalue weighted by atomic mass is 16.5. The van der Waals surface area contributed by atoms with Gasteiger partial charge >= 0.3 is 5.97 Å². The molecule has 17 heavy (non-hydrogen) atoms. The largest absolute Gasteiger partial charge is 0.465 e. The number of ether oxygens (including phenoxy) is 1. The third-order valence-electron chi connectivity index (χ3n) is 3.18. The Labute approximate surface area is 99.8 Å². The van der Waals surface area contributed by atoms with Crippen molar-refractivity contribution in [3.63, 3.8) is 0 Å². The number of aromatic amines is 1. The Morgan fingerprint density at radius 3 is 2.41 bits per heavy atom. The molecule has 1 saturated heterocycles. The second kappa shape index (κ2) is 4.24. The molecule has 1 fully saturated rings. The molecular formula is C12H16N2O3. The molecule has 1 aliphatic heterocycles.